The second kappa shape index (κ2) is 12.5. The number of allylic oxidation sites excluding steroid dienone is 1. The zero-order valence-corrected chi connectivity index (χ0v) is 17.5. The Kier molecular flexibility index (Phi) is 9.98. The highest BCUT2D eigenvalue weighted by molar-refractivity contribution is 6.07. The smallest absolute Gasteiger partial charge is 0.244 e. The number of carbonyl (C=O) groups excluding carboxylic acids is 2. The Hall–Kier alpha value is -1.94. The van der Waals surface area contributed by atoms with Gasteiger partial charge in [-0.2, -0.15) is 0 Å². The van der Waals surface area contributed by atoms with Gasteiger partial charge in [-0.25, -0.2) is 0 Å². The minimum Gasteiger partial charge on any atom is -0.352 e. The summed E-state index contributed by atoms with van der Waals surface area (Å²) in [6.45, 7) is 6.69. The van der Waals surface area contributed by atoms with Gasteiger partial charge in [0.25, 0.3) is 0 Å². The van der Waals surface area contributed by atoms with Crippen molar-refractivity contribution in [3.63, 3.8) is 0 Å². The average Bonchev–Trinajstić information content (AvgIpc) is 2.79. The molecule has 1 atom stereocenters. The molecule has 4 heteroatoms. The van der Waals surface area contributed by atoms with Crippen molar-refractivity contribution in [1.29, 1.82) is 0 Å². The highest BCUT2D eigenvalue weighted by Crippen LogP contribution is 2.32. The maximum atomic E-state index is 12.3. The van der Waals surface area contributed by atoms with Crippen LogP contribution < -0.4 is 10.6 Å². The van der Waals surface area contributed by atoms with Gasteiger partial charge in [-0.05, 0) is 62.2 Å². The zero-order valence-electron chi connectivity index (χ0n) is 17.5. The Morgan fingerprint density at radius 2 is 1.71 bits per heavy atom. The number of hydrogen-bond acceptors (Lipinski definition) is 3. The number of hydrogen-bond donors (Lipinski definition) is 2. The third-order valence-corrected chi connectivity index (χ3v) is 5.62. The predicted molar refractivity (Wildman–Crippen MR) is 116 cm³/mol. The fraction of sp³-hybridized carbons (Fsp3) is 0.583. The third-order valence-electron chi connectivity index (χ3n) is 5.62. The maximum absolute atomic E-state index is 12.3. The number of rotatable bonds is 6. The molecule has 1 saturated heterocycles. The maximum Gasteiger partial charge on any atom is 0.244 e. The molecule has 1 aliphatic heterocycles. The second-order valence-electron chi connectivity index (χ2n) is 7.61. The summed E-state index contributed by atoms with van der Waals surface area (Å²) in [5.41, 5.74) is 1.98. The first-order chi connectivity index (χ1) is 13.7. The van der Waals surface area contributed by atoms with Crippen LogP contribution in [0, 0.1) is 5.92 Å². The van der Waals surface area contributed by atoms with Crippen molar-refractivity contribution in [2.24, 2.45) is 5.92 Å². The van der Waals surface area contributed by atoms with Gasteiger partial charge in [-0.3, -0.25) is 9.59 Å². The molecule has 1 saturated carbocycles. The van der Waals surface area contributed by atoms with Crippen LogP contribution in [0.5, 0.6) is 0 Å². The van der Waals surface area contributed by atoms with Gasteiger partial charge in [0.15, 0.2) is 5.78 Å². The number of benzene rings is 1. The van der Waals surface area contributed by atoms with E-state index >= 15 is 0 Å². The fourth-order valence-corrected chi connectivity index (χ4v) is 4.01. The number of ketones is 1. The molecule has 0 radical (unpaired) electrons. The minimum absolute atomic E-state index is 0.116. The summed E-state index contributed by atoms with van der Waals surface area (Å²) < 4.78 is 0. The van der Waals surface area contributed by atoms with Crippen LogP contribution in [0.15, 0.2) is 36.4 Å². The Morgan fingerprint density at radius 1 is 1.00 bits per heavy atom. The quantitative estimate of drug-likeness (QED) is 0.556. The van der Waals surface area contributed by atoms with E-state index in [-0.39, 0.29) is 11.7 Å². The lowest BCUT2D eigenvalue weighted by Crippen LogP contribution is -2.37. The lowest BCUT2D eigenvalue weighted by molar-refractivity contribution is -0.116. The van der Waals surface area contributed by atoms with Crippen LogP contribution in [-0.2, 0) is 4.79 Å². The van der Waals surface area contributed by atoms with Crippen LogP contribution in [0.1, 0.15) is 80.6 Å². The normalized spacial score (nSPS) is 20.3. The van der Waals surface area contributed by atoms with E-state index in [4.69, 9.17) is 0 Å². The van der Waals surface area contributed by atoms with E-state index < -0.39 is 0 Å². The van der Waals surface area contributed by atoms with Gasteiger partial charge in [-0.15, -0.1) is 0 Å². The molecule has 3 rings (SSSR count). The van der Waals surface area contributed by atoms with Gasteiger partial charge in [0, 0.05) is 18.2 Å². The first kappa shape index (κ1) is 22.4. The van der Waals surface area contributed by atoms with E-state index in [0.717, 1.165) is 25.9 Å². The van der Waals surface area contributed by atoms with Crippen molar-refractivity contribution in [2.75, 3.05) is 19.6 Å². The van der Waals surface area contributed by atoms with E-state index in [1.54, 1.807) is 0 Å². The fourth-order valence-electron chi connectivity index (χ4n) is 4.01. The summed E-state index contributed by atoms with van der Waals surface area (Å²) in [4.78, 5) is 24.2. The molecule has 1 amide bonds. The molecule has 1 aliphatic carbocycles. The van der Waals surface area contributed by atoms with Crippen LogP contribution in [-0.4, -0.2) is 31.3 Å². The third kappa shape index (κ3) is 7.23. The molecule has 2 N–H and O–H groups in total. The molecule has 28 heavy (non-hydrogen) atoms. The van der Waals surface area contributed by atoms with Gasteiger partial charge < -0.3 is 10.6 Å². The molecule has 1 aromatic rings. The van der Waals surface area contributed by atoms with Crippen LogP contribution in [0.3, 0.4) is 0 Å². The Bertz CT molecular complexity index is 625. The highest BCUT2D eigenvalue weighted by atomic mass is 16.1. The number of nitrogens with one attached hydrogen (secondary N) is 2. The van der Waals surface area contributed by atoms with Crippen molar-refractivity contribution in [3.8, 4) is 0 Å². The summed E-state index contributed by atoms with van der Waals surface area (Å²) in [6.07, 6.45) is 11.5. The Balaban J connectivity index is 0.00000136. The van der Waals surface area contributed by atoms with Crippen molar-refractivity contribution in [1.82, 2.24) is 10.6 Å². The van der Waals surface area contributed by atoms with Crippen molar-refractivity contribution in [3.05, 3.63) is 47.5 Å². The molecule has 1 heterocycles. The molecule has 2 fully saturated rings. The molecule has 2 aliphatic rings. The van der Waals surface area contributed by atoms with Gasteiger partial charge >= 0.3 is 0 Å². The van der Waals surface area contributed by atoms with Crippen molar-refractivity contribution < 1.29 is 9.59 Å². The number of amides is 1. The van der Waals surface area contributed by atoms with E-state index in [2.05, 4.69) is 22.8 Å². The van der Waals surface area contributed by atoms with E-state index in [0.29, 0.717) is 23.9 Å². The average molecular weight is 385 g/mol. The van der Waals surface area contributed by atoms with E-state index in [9.17, 15) is 9.59 Å². The molecule has 0 spiro atoms. The Morgan fingerprint density at radius 3 is 2.36 bits per heavy atom. The van der Waals surface area contributed by atoms with Gasteiger partial charge in [-0.1, -0.05) is 57.4 Å². The SMILES string of the molecule is CC.O=C(/C=C/C(=O)c1ccc(C2CCCCC2)cc1)NCC1CCCNC1. The summed E-state index contributed by atoms with van der Waals surface area (Å²) >= 11 is 0. The second-order valence-corrected chi connectivity index (χ2v) is 7.61. The van der Waals surface area contributed by atoms with Crippen LogP contribution >= 0.6 is 0 Å². The molecule has 1 unspecified atom stereocenters. The molecule has 4 nitrogen and oxygen atoms in total. The standard InChI is InChI=1S/C22H30N2O2.C2H6/c25-21(12-13-22(26)24-16-17-5-4-14-23-15-17)20-10-8-19(9-11-20)18-6-2-1-3-7-18;1-2/h8-13,17-18,23H,1-7,14-16H2,(H,24,26);1-2H3/b13-12+;. The lowest BCUT2D eigenvalue weighted by atomic mass is 9.84. The molecule has 154 valence electrons. The monoisotopic (exact) mass is 384 g/mol. The van der Waals surface area contributed by atoms with Gasteiger partial charge in [0.05, 0.1) is 0 Å². The first-order valence-corrected chi connectivity index (χ1v) is 11.0. The van der Waals surface area contributed by atoms with Gasteiger partial charge in [0.1, 0.15) is 0 Å². The minimum atomic E-state index is -0.192. The number of piperidine rings is 1. The molecule has 0 aromatic heterocycles. The van der Waals surface area contributed by atoms with E-state index in [1.807, 2.05) is 26.0 Å². The summed E-state index contributed by atoms with van der Waals surface area (Å²) in [7, 11) is 0. The molecule has 1 aromatic carbocycles. The van der Waals surface area contributed by atoms with Crippen LogP contribution in [0.25, 0.3) is 0 Å². The summed E-state index contributed by atoms with van der Waals surface area (Å²) in [5, 5.41) is 6.23. The van der Waals surface area contributed by atoms with Gasteiger partial charge in [0.2, 0.25) is 5.91 Å². The molecular formula is C24H36N2O2. The molecule has 0 bridgehead atoms. The highest BCUT2D eigenvalue weighted by Gasteiger charge is 2.16. The zero-order chi connectivity index (χ0) is 20.2. The Labute approximate surface area is 170 Å². The van der Waals surface area contributed by atoms with E-state index in [1.165, 1.54) is 49.8 Å². The molecular weight excluding hydrogens is 348 g/mol. The topological polar surface area (TPSA) is 58.2 Å². The number of carbonyl (C=O) groups is 2. The predicted octanol–water partition coefficient (Wildman–Crippen LogP) is 4.62. The first-order valence-electron chi connectivity index (χ1n) is 11.0. The summed E-state index contributed by atoms with van der Waals surface area (Å²) in [6, 6.07) is 7.94. The largest absolute Gasteiger partial charge is 0.352 e. The lowest BCUT2D eigenvalue weighted by Gasteiger charge is -2.22. The van der Waals surface area contributed by atoms with Crippen LogP contribution in [0.2, 0.25) is 0 Å². The van der Waals surface area contributed by atoms with Crippen LogP contribution in [0.4, 0.5) is 0 Å². The van der Waals surface area contributed by atoms with Crippen molar-refractivity contribution >= 4 is 11.7 Å². The summed E-state index contributed by atoms with van der Waals surface area (Å²) in [5.74, 6) is 0.824. The van der Waals surface area contributed by atoms with Crippen molar-refractivity contribution in [2.45, 2.75) is 64.7 Å².